The van der Waals surface area contributed by atoms with Gasteiger partial charge in [0.1, 0.15) is 5.75 Å². The third-order valence-electron chi connectivity index (χ3n) is 3.59. The van der Waals surface area contributed by atoms with Crippen LogP contribution in [0.4, 0.5) is 0 Å². The first-order valence-corrected chi connectivity index (χ1v) is 8.14. The van der Waals surface area contributed by atoms with Crippen LogP contribution in [0.15, 0.2) is 53.4 Å². The molecule has 2 aromatic rings. The van der Waals surface area contributed by atoms with E-state index in [1.165, 1.54) is 17.0 Å². The highest BCUT2D eigenvalue weighted by molar-refractivity contribution is 7.89. The summed E-state index contributed by atoms with van der Waals surface area (Å²) in [5, 5.41) is 0. The van der Waals surface area contributed by atoms with Crippen molar-refractivity contribution in [3.63, 3.8) is 0 Å². The number of fused-ring (bicyclic) bond motifs is 1. The quantitative estimate of drug-likeness (QED) is 0.875. The van der Waals surface area contributed by atoms with E-state index < -0.39 is 10.0 Å². The van der Waals surface area contributed by atoms with E-state index in [1.807, 2.05) is 24.3 Å². The lowest BCUT2D eigenvalue weighted by molar-refractivity contribution is 0.412. The molecule has 1 aliphatic heterocycles. The second-order valence-corrected chi connectivity index (χ2v) is 6.76. The number of benzene rings is 2. The number of methoxy groups -OCH3 is 1. The lowest BCUT2D eigenvalue weighted by Crippen LogP contribution is -2.34. The van der Waals surface area contributed by atoms with Gasteiger partial charge in [0.2, 0.25) is 10.0 Å². The van der Waals surface area contributed by atoms with Crippen LogP contribution in [0.5, 0.6) is 5.75 Å². The number of nitrogens with zero attached hydrogens (tertiary/aromatic N) is 1. The van der Waals surface area contributed by atoms with E-state index >= 15 is 0 Å². The van der Waals surface area contributed by atoms with Crippen LogP contribution >= 0.6 is 0 Å². The van der Waals surface area contributed by atoms with Gasteiger partial charge >= 0.3 is 0 Å². The average Bonchev–Trinajstić information content (AvgIpc) is 2.54. The first-order chi connectivity index (χ1) is 10.1. The molecule has 0 N–H and O–H groups in total. The third-order valence-corrected chi connectivity index (χ3v) is 5.34. The van der Waals surface area contributed by atoms with Crippen LogP contribution in [0.1, 0.15) is 11.1 Å². The highest BCUT2D eigenvalue weighted by Crippen LogP contribution is 2.27. The Morgan fingerprint density at radius 3 is 2.71 bits per heavy atom. The Balaban J connectivity index is 1.93. The summed E-state index contributed by atoms with van der Waals surface area (Å²) < 4.78 is 31.9. The van der Waals surface area contributed by atoms with Crippen molar-refractivity contribution in [3.8, 4) is 5.75 Å². The van der Waals surface area contributed by atoms with Gasteiger partial charge < -0.3 is 4.74 Å². The number of rotatable bonds is 3. The molecular formula is C16H16NO3S. The zero-order chi connectivity index (χ0) is 14.9. The van der Waals surface area contributed by atoms with Crippen molar-refractivity contribution in [3.05, 3.63) is 66.2 Å². The van der Waals surface area contributed by atoms with Gasteiger partial charge in [-0.1, -0.05) is 30.3 Å². The number of hydrogen-bond donors (Lipinski definition) is 0. The second-order valence-electron chi connectivity index (χ2n) is 4.87. The monoisotopic (exact) mass is 302 g/mol. The fourth-order valence-electron chi connectivity index (χ4n) is 2.42. The predicted molar refractivity (Wildman–Crippen MR) is 80.4 cm³/mol. The number of hydrogen-bond acceptors (Lipinski definition) is 3. The van der Waals surface area contributed by atoms with Crippen molar-refractivity contribution < 1.29 is 13.2 Å². The lowest BCUT2D eigenvalue weighted by atomic mass is 10.0. The fourth-order valence-corrected chi connectivity index (χ4v) is 3.80. The summed E-state index contributed by atoms with van der Waals surface area (Å²) in [5.74, 6) is 0.536. The Bertz CT molecular complexity index is 756. The van der Waals surface area contributed by atoms with Crippen LogP contribution in [0.2, 0.25) is 0 Å². The Labute approximate surface area is 125 Å². The molecule has 0 saturated heterocycles. The fraction of sp³-hybridized carbons (Fsp3) is 0.188. The highest BCUT2D eigenvalue weighted by atomic mass is 32.2. The predicted octanol–water partition coefficient (Wildman–Crippen LogP) is 2.45. The summed E-state index contributed by atoms with van der Waals surface area (Å²) >= 11 is 0. The molecule has 109 valence electrons. The lowest BCUT2D eigenvalue weighted by Gasteiger charge is -2.27. The van der Waals surface area contributed by atoms with E-state index in [9.17, 15) is 8.42 Å². The summed E-state index contributed by atoms with van der Waals surface area (Å²) in [6.45, 7) is 2.16. The second kappa shape index (κ2) is 5.50. The molecule has 3 rings (SSSR count). The van der Waals surface area contributed by atoms with Gasteiger partial charge in [-0.15, -0.1) is 0 Å². The van der Waals surface area contributed by atoms with Crippen LogP contribution in [-0.4, -0.2) is 26.4 Å². The highest BCUT2D eigenvalue weighted by Gasteiger charge is 2.28. The molecular weight excluding hydrogens is 286 g/mol. The minimum Gasteiger partial charge on any atom is -0.497 e. The first kappa shape index (κ1) is 14.1. The summed E-state index contributed by atoms with van der Waals surface area (Å²) in [6.07, 6.45) is 0.718. The SMILES string of the molecule is COc1cccc(S(=O)(=O)N2[CH]c3ccccc3CC2)c1. The molecule has 0 aliphatic carbocycles. The van der Waals surface area contributed by atoms with Gasteiger partial charge in [0.25, 0.3) is 0 Å². The van der Waals surface area contributed by atoms with Gasteiger partial charge in [0, 0.05) is 12.6 Å². The minimum absolute atomic E-state index is 0.248. The number of sulfonamides is 1. The van der Waals surface area contributed by atoms with Gasteiger partial charge in [-0.3, -0.25) is 0 Å². The van der Waals surface area contributed by atoms with Crippen molar-refractivity contribution in [2.75, 3.05) is 13.7 Å². The van der Waals surface area contributed by atoms with E-state index in [2.05, 4.69) is 0 Å². The summed E-state index contributed by atoms with van der Waals surface area (Å²) in [4.78, 5) is 0.248. The van der Waals surface area contributed by atoms with Crippen LogP contribution < -0.4 is 4.74 Å². The van der Waals surface area contributed by atoms with Crippen molar-refractivity contribution in [2.45, 2.75) is 11.3 Å². The summed E-state index contributed by atoms with van der Waals surface area (Å²) in [6, 6.07) is 14.4. The molecule has 1 heterocycles. The molecule has 0 aromatic heterocycles. The molecule has 0 amide bonds. The zero-order valence-electron chi connectivity index (χ0n) is 11.7. The summed E-state index contributed by atoms with van der Waals surface area (Å²) in [5.41, 5.74) is 2.13. The van der Waals surface area contributed by atoms with Crippen LogP contribution in [0.3, 0.4) is 0 Å². The molecule has 1 aliphatic rings. The van der Waals surface area contributed by atoms with Crippen molar-refractivity contribution >= 4 is 10.0 Å². The molecule has 5 heteroatoms. The van der Waals surface area contributed by atoms with Crippen LogP contribution in [0.25, 0.3) is 0 Å². The van der Waals surface area contributed by atoms with E-state index in [4.69, 9.17) is 4.74 Å². The normalized spacial score (nSPS) is 15.5. The van der Waals surface area contributed by atoms with Crippen molar-refractivity contribution in [1.29, 1.82) is 0 Å². The molecule has 4 nitrogen and oxygen atoms in total. The van der Waals surface area contributed by atoms with Crippen molar-refractivity contribution in [2.24, 2.45) is 0 Å². The largest absolute Gasteiger partial charge is 0.497 e. The standard InChI is InChI=1S/C16H16NO3S/c1-20-15-7-4-8-16(11-15)21(18,19)17-10-9-13-5-2-3-6-14(13)12-17/h2-8,11-12H,9-10H2,1H3. The van der Waals surface area contributed by atoms with E-state index in [0.29, 0.717) is 12.3 Å². The maximum absolute atomic E-state index is 12.7. The Kier molecular flexibility index (Phi) is 3.69. The third kappa shape index (κ3) is 2.66. The average molecular weight is 302 g/mol. The Morgan fingerprint density at radius 2 is 1.90 bits per heavy atom. The van der Waals surface area contributed by atoms with Gasteiger partial charge in [0.05, 0.1) is 18.6 Å². The molecule has 0 saturated carbocycles. The molecule has 0 atom stereocenters. The van der Waals surface area contributed by atoms with Gasteiger partial charge in [0.15, 0.2) is 0 Å². The molecule has 21 heavy (non-hydrogen) atoms. The first-order valence-electron chi connectivity index (χ1n) is 6.70. The molecule has 0 fully saturated rings. The van der Waals surface area contributed by atoms with Gasteiger partial charge in [-0.25, -0.2) is 8.42 Å². The Hall–Kier alpha value is -1.85. The smallest absolute Gasteiger partial charge is 0.243 e. The molecule has 2 aromatic carbocycles. The molecule has 0 unspecified atom stereocenters. The van der Waals surface area contributed by atoms with Gasteiger partial charge in [-0.05, 0) is 29.7 Å². The molecule has 0 bridgehead atoms. The van der Waals surface area contributed by atoms with Crippen LogP contribution in [0, 0.1) is 6.54 Å². The van der Waals surface area contributed by atoms with E-state index in [0.717, 1.165) is 12.0 Å². The topological polar surface area (TPSA) is 46.6 Å². The number of ether oxygens (including phenoxy) is 1. The summed E-state index contributed by atoms with van der Waals surface area (Å²) in [7, 11) is -2.02. The minimum atomic E-state index is -3.54. The molecule has 0 spiro atoms. The van der Waals surface area contributed by atoms with Crippen LogP contribution in [-0.2, 0) is 16.4 Å². The molecule has 1 radical (unpaired) electrons. The maximum atomic E-state index is 12.7. The van der Waals surface area contributed by atoms with Crippen molar-refractivity contribution in [1.82, 2.24) is 4.31 Å². The zero-order valence-corrected chi connectivity index (χ0v) is 12.5. The maximum Gasteiger partial charge on any atom is 0.243 e. The van der Waals surface area contributed by atoms with Gasteiger partial charge in [-0.2, -0.15) is 4.31 Å². The van der Waals surface area contributed by atoms with E-state index in [1.54, 1.807) is 30.8 Å². The van der Waals surface area contributed by atoms with E-state index in [-0.39, 0.29) is 4.90 Å². The Morgan fingerprint density at radius 1 is 1.10 bits per heavy atom.